The van der Waals surface area contributed by atoms with Crippen molar-refractivity contribution in [3.63, 3.8) is 0 Å². The van der Waals surface area contributed by atoms with Crippen molar-refractivity contribution in [1.29, 1.82) is 0 Å². The summed E-state index contributed by atoms with van der Waals surface area (Å²) in [6, 6.07) is 13.6. The Bertz CT molecular complexity index is 1010. The summed E-state index contributed by atoms with van der Waals surface area (Å²) in [6.07, 6.45) is 1.26. The fourth-order valence-electron chi connectivity index (χ4n) is 3.86. The number of hydrogen-bond acceptors (Lipinski definition) is 6. The van der Waals surface area contributed by atoms with E-state index in [4.69, 9.17) is 14.2 Å². The van der Waals surface area contributed by atoms with Gasteiger partial charge >= 0.3 is 0 Å². The van der Waals surface area contributed by atoms with Gasteiger partial charge in [-0.3, -0.25) is 4.79 Å². The van der Waals surface area contributed by atoms with Crippen molar-refractivity contribution in [2.45, 2.75) is 30.8 Å². The first-order valence-electron chi connectivity index (χ1n) is 10.9. The van der Waals surface area contributed by atoms with Gasteiger partial charge in [-0.15, -0.1) is 0 Å². The molecule has 172 valence electrons. The van der Waals surface area contributed by atoms with E-state index in [1.165, 1.54) is 4.31 Å². The summed E-state index contributed by atoms with van der Waals surface area (Å²) >= 11 is 0. The van der Waals surface area contributed by atoms with E-state index in [2.05, 4.69) is 0 Å². The topological polar surface area (TPSA) is 85.4 Å². The zero-order chi connectivity index (χ0) is 22.6. The maximum Gasteiger partial charge on any atom is 0.251 e. The number of ether oxygens (including phenoxy) is 3. The smallest absolute Gasteiger partial charge is 0.251 e. The largest absolute Gasteiger partial charge is 0.494 e. The van der Waals surface area contributed by atoms with Crippen molar-refractivity contribution in [3.05, 3.63) is 48.5 Å². The molecule has 8 nitrogen and oxygen atoms in total. The van der Waals surface area contributed by atoms with Crippen LogP contribution in [0.5, 0.6) is 17.2 Å². The number of piperazine rings is 1. The van der Waals surface area contributed by atoms with E-state index in [0.29, 0.717) is 37.8 Å². The van der Waals surface area contributed by atoms with E-state index in [-0.39, 0.29) is 30.0 Å². The summed E-state index contributed by atoms with van der Waals surface area (Å²) in [5.41, 5.74) is 0. The lowest BCUT2D eigenvalue weighted by Gasteiger charge is -2.35. The second kappa shape index (κ2) is 9.89. The Morgan fingerprint density at radius 3 is 2.12 bits per heavy atom. The molecule has 2 heterocycles. The van der Waals surface area contributed by atoms with Crippen LogP contribution in [0.2, 0.25) is 0 Å². The lowest BCUT2D eigenvalue weighted by Crippen LogP contribution is -2.52. The Hall–Kier alpha value is -2.62. The zero-order valence-electron chi connectivity index (χ0n) is 18.1. The minimum Gasteiger partial charge on any atom is -0.494 e. The molecular formula is C23H28N2O6S. The third-order valence-corrected chi connectivity index (χ3v) is 7.50. The number of nitrogens with zero attached hydrogens (tertiary/aromatic N) is 2. The number of hydrogen-bond donors (Lipinski definition) is 0. The van der Waals surface area contributed by atoms with Gasteiger partial charge < -0.3 is 19.1 Å². The molecule has 2 aliphatic heterocycles. The van der Waals surface area contributed by atoms with Crippen molar-refractivity contribution >= 4 is 15.9 Å². The molecule has 0 N–H and O–H groups in total. The van der Waals surface area contributed by atoms with Crippen LogP contribution in [-0.2, 0) is 19.6 Å². The molecule has 32 heavy (non-hydrogen) atoms. The normalized spacial score (nSPS) is 19.7. The van der Waals surface area contributed by atoms with Gasteiger partial charge in [0.25, 0.3) is 5.91 Å². The van der Waals surface area contributed by atoms with E-state index >= 15 is 0 Å². The maximum absolute atomic E-state index is 13.0. The first-order valence-corrected chi connectivity index (χ1v) is 12.3. The summed E-state index contributed by atoms with van der Waals surface area (Å²) < 4.78 is 44.2. The van der Waals surface area contributed by atoms with Gasteiger partial charge in [-0.05, 0) is 68.3 Å². The first-order chi connectivity index (χ1) is 15.5. The highest BCUT2D eigenvalue weighted by Crippen LogP contribution is 2.26. The van der Waals surface area contributed by atoms with Crippen LogP contribution in [0.4, 0.5) is 0 Å². The predicted molar refractivity (Wildman–Crippen MR) is 118 cm³/mol. The minimum absolute atomic E-state index is 0.0321. The van der Waals surface area contributed by atoms with Gasteiger partial charge in [0.2, 0.25) is 10.0 Å². The van der Waals surface area contributed by atoms with Crippen LogP contribution in [0, 0.1) is 0 Å². The lowest BCUT2D eigenvalue weighted by molar-refractivity contribution is -0.142. The summed E-state index contributed by atoms with van der Waals surface area (Å²) in [7, 11) is -3.64. The third-order valence-electron chi connectivity index (χ3n) is 5.59. The molecule has 9 heteroatoms. The quantitative estimate of drug-likeness (QED) is 0.632. The fourth-order valence-corrected chi connectivity index (χ4v) is 5.28. The fraction of sp³-hybridized carbons (Fsp3) is 0.435. The Kier molecular flexibility index (Phi) is 6.98. The number of carbonyl (C=O) groups excluding carboxylic acids is 1. The number of amides is 1. The Balaban J connectivity index is 1.35. The van der Waals surface area contributed by atoms with Gasteiger partial charge in [0.1, 0.15) is 23.4 Å². The summed E-state index contributed by atoms with van der Waals surface area (Å²) in [5.74, 6) is 1.91. The molecule has 0 saturated carbocycles. The zero-order valence-corrected chi connectivity index (χ0v) is 18.9. The standard InChI is InChI=1S/C23H28N2O6S/c1-2-29-18-5-7-19(8-6-18)31-20-9-11-21(12-10-20)32(27,28)25-15-13-24(14-16-25)23(26)22-4-3-17-30-22/h5-12,22H,2-4,13-17H2,1H3. The number of carbonyl (C=O) groups is 1. The van der Waals surface area contributed by atoms with Gasteiger partial charge in [-0.1, -0.05) is 0 Å². The molecule has 2 aromatic rings. The van der Waals surface area contributed by atoms with Gasteiger partial charge in [-0.25, -0.2) is 8.42 Å². The van der Waals surface area contributed by atoms with Crippen molar-refractivity contribution in [3.8, 4) is 17.2 Å². The van der Waals surface area contributed by atoms with Crippen LogP contribution in [-0.4, -0.2) is 69.0 Å². The van der Waals surface area contributed by atoms with Crippen molar-refractivity contribution < 1.29 is 27.4 Å². The van der Waals surface area contributed by atoms with Crippen molar-refractivity contribution in [1.82, 2.24) is 9.21 Å². The van der Waals surface area contributed by atoms with Crippen molar-refractivity contribution in [2.75, 3.05) is 39.4 Å². The molecular weight excluding hydrogens is 432 g/mol. The minimum atomic E-state index is -3.64. The van der Waals surface area contributed by atoms with E-state index < -0.39 is 10.0 Å². The van der Waals surface area contributed by atoms with Crippen LogP contribution in [0.15, 0.2) is 53.4 Å². The van der Waals surface area contributed by atoms with E-state index in [9.17, 15) is 13.2 Å². The molecule has 2 saturated heterocycles. The average Bonchev–Trinajstić information content (AvgIpc) is 3.36. The number of sulfonamides is 1. The molecule has 1 atom stereocenters. The van der Waals surface area contributed by atoms with E-state index in [1.807, 2.05) is 19.1 Å². The van der Waals surface area contributed by atoms with E-state index in [0.717, 1.165) is 18.6 Å². The third kappa shape index (κ3) is 5.06. The first kappa shape index (κ1) is 22.6. The van der Waals surface area contributed by atoms with Gasteiger partial charge in [-0.2, -0.15) is 4.31 Å². The van der Waals surface area contributed by atoms with Gasteiger partial charge in [0.15, 0.2) is 0 Å². The van der Waals surface area contributed by atoms with Crippen LogP contribution in [0.1, 0.15) is 19.8 Å². The molecule has 1 unspecified atom stereocenters. The van der Waals surface area contributed by atoms with Crippen LogP contribution in [0.25, 0.3) is 0 Å². The molecule has 2 aliphatic rings. The highest BCUT2D eigenvalue weighted by atomic mass is 32.2. The molecule has 0 aliphatic carbocycles. The second-order valence-electron chi connectivity index (χ2n) is 7.71. The van der Waals surface area contributed by atoms with Crippen LogP contribution < -0.4 is 9.47 Å². The summed E-state index contributed by atoms with van der Waals surface area (Å²) in [6.45, 7) is 4.41. The Morgan fingerprint density at radius 1 is 0.969 bits per heavy atom. The molecule has 2 aromatic carbocycles. The molecule has 0 radical (unpaired) electrons. The Labute approximate surface area is 188 Å². The molecule has 0 spiro atoms. The Morgan fingerprint density at radius 2 is 1.56 bits per heavy atom. The highest BCUT2D eigenvalue weighted by Gasteiger charge is 2.34. The van der Waals surface area contributed by atoms with Gasteiger partial charge in [0, 0.05) is 32.8 Å². The molecule has 0 aromatic heterocycles. The van der Waals surface area contributed by atoms with Crippen LogP contribution >= 0.6 is 0 Å². The van der Waals surface area contributed by atoms with Gasteiger partial charge in [0.05, 0.1) is 11.5 Å². The molecule has 2 fully saturated rings. The molecule has 0 bridgehead atoms. The number of benzene rings is 2. The maximum atomic E-state index is 13.0. The molecule has 4 rings (SSSR count). The summed E-state index contributed by atoms with van der Waals surface area (Å²) in [4.78, 5) is 14.4. The van der Waals surface area contributed by atoms with Crippen molar-refractivity contribution in [2.24, 2.45) is 0 Å². The summed E-state index contributed by atoms with van der Waals surface area (Å²) in [5, 5.41) is 0. The predicted octanol–water partition coefficient (Wildman–Crippen LogP) is 2.89. The van der Waals surface area contributed by atoms with E-state index in [1.54, 1.807) is 41.3 Å². The highest BCUT2D eigenvalue weighted by molar-refractivity contribution is 7.89. The second-order valence-corrected chi connectivity index (χ2v) is 9.65. The monoisotopic (exact) mass is 460 g/mol. The SMILES string of the molecule is CCOc1ccc(Oc2ccc(S(=O)(=O)N3CCN(C(=O)C4CCCO4)CC3)cc2)cc1. The van der Waals surface area contributed by atoms with Crippen LogP contribution in [0.3, 0.4) is 0 Å². The molecule has 1 amide bonds. The average molecular weight is 461 g/mol. The lowest BCUT2D eigenvalue weighted by atomic mass is 10.2. The number of rotatable bonds is 7.